The summed E-state index contributed by atoms with van der Waals surface area (Å²) in [6.07, 6.45) is 0. The number of hydrogen-bond acceptors (Lipinski definition) is 3. The van der Waals surface area contributed by atoms with Gasteiger partial charge in [-0.3, -0.25) is 4.79 Å². The molecule has 130 valence electrons. The second-order valence-electron chi connectivity index (χ2n) is 6.01. The van der Waals surface area contributed by atoms with E-state index < -0.39 is 5.82 Å². The number of rotatable bonds is 4. The third-order valence-corrected chi connectivity index (χ3v) is 5.30. The Labute approximate surface area is 154 Å². The molecule has 0 aliphatic rings. The molecule has 0 radical (unpaired) electrons. The molecule has 1 N–H and O–H groups in total. The van der Waals surface area contributed by atoms with Crippen LogP contribution in [0.15, 0.2) is 70.5 Å². The Balaban J connectivity index is 1.72. The highest BCUT2D eigenvalue weighted by Crippen LogP contribution is 2.30. The Morgan fingerprint density at radius 3 is 2.58 bits per heavy atom. The molecule has 5 heteroatoms. The number of aryl methyl sites for hydroxylation is 1. The monoisotopic (exact) mass is 365 g/mol. The summed E-state index contributed by atoms with van der Waals surface area (Å²) in [4.78, 5) is 13.9. The first-order chi connectivity index (χ1) is 12.6. The van der Waals surface area contributed by atoms with Gasteiger partial charge in [0.15, 0.2) is 17.2 Å². The minimum Gasteiger partial charge on any atom is -0.448 e. The summed E-state index contributed by atoms with van der Waals surface area (Å²) in [5, 5.41) is 5.61. The van der Waals surface area contributed by atoms with Crippen LogP contribution in [0.25, 0.3) is 11.0 Å². The highest BCUT2D eigenvalue weighted by atomic mass is 32.1. The van der Waals surface area contributed by atoms with Gasteiger partial charge in [-0.05, 0) is 30.0 Å². The van der Waals surface area contributed by atoms with Crippen LogP contribution in [-0.2, 0) is 0 Å². The maximum absolute atomic E-state index is 14.0. The van der Waals surface area contributed by atoms with Crippen molar-refractivity contribution < 1.29 is 13.6 Å². The Bertz CT molecular complexity index is 1050. The molecule has 2 aromatic carbocycles. The van der Waals surface area contributed by atoms with Crippen LogP contribution in [0.1, 0.15) is 32.6 Å². The normalized spacial score (nSPS) is 12.2. The van der Waals surface area contributed by atoms with Crippen LogP contribution in [-0.4, -0.2) is 5.91 Å². The van der Waals surface area contributed by atoms with Crippen LogP contribution >= 0.6 is 11.3 Å². The molecule has 0 aliphatic heterocycles. The van der Waals surface area contributed by atoms with Crippen LogP contribution in [0.2, 0.25) is 0 Å². The molecular weight excluding hydrogens is 349 g/mol. The van der Waals surface area contributed by atoms with E-state index in [1.165, 1.54) is 6.07 Å². The summed E-state index contributed by atoms with van der Waals surface area (Å²) in [5.41, 5.74) is 1.72. The van der Waals surface area contributed by atoms with E-state index in [1.54, 1.807) is 30.4 Å². The maximum atomic E-state index is 14.0. The Kier molecular flexibility index (Phi) is 4.31. The second kappa shape index (κ2) is 6.77. The first-order valence-electron chi connectivity index (χ1n) is 8.22. The molecule has 2 heterocycles. The molecule has 4 aromatic rings. The van der Waals surface area contributed by atoms with Crippen molar-refractivity contribution in [2.24, 2.45) is 0 Å². The van der Waals surface area contributed by atoms with Gasteiger partial charge in [-0.15, -0.1) is 11.3 Å². The molecule has 1 unspecified atom stereocenters. The fourth-order valence-electron chi connectivity index (χ4n) is 3.04. The van der Waals surface area contributed by atoms with Crippen molar-refractivity contribution in [2.45, 2.75) is 13.0 Å². The molecule has 0 bridgehead atoms. The second-order valence-corrected chi connectivity index (χ2v) is 6.98. The van der Waals surface area contributed by atoms with Crippen molar-refractivity contribution in [3.05, 3.63) is 93.6 Å². The number of hydrogen-bond donors (Lipinski definition) is 1. The van der Waals surface area contributed by atoms with E-state index in [1.807, 2.05) is 47.8 Å². The Hall–Kier alpha value is -2.92. The summed E-state index contributed by atoms with van der Waals surface area (Å²) in [5.74, 6) is -0.689. The fourth-order valence-corrected chi connectivity index (χ4v) is 3.84. The van der Waals surface area contributed by atoms with E-state index in [0.717, 1.165) is 10.4 Å². The van der Waals surface area contributed by atoms with E-state index in [9.17, 15) is 9.18 Å². The van der Waals surface area contributed by atoms with E-state index in [0.29, 0.717) is 10.9 Å². The minimum atomic E-state index is -0.470. The number of carbonyl (C=O) groups excluding carboxylic acids is 1. The lowest BCUT2D eigenvalue weighted by Gasteiger charge is -2.17. The molecule has 1 amide bonds. The van der Waals surface area contributed by atoms with Gasteiger partial charge in [-0.2, -0.15) is 0 Å². The lowest BCUT2D eigenvalue weighted by Crippen LogP contribution is -2.29. The average molecular weight is 365 g/mol. The zero-order chi connectivity index (χ0) is 18.1. The van der Waals surface area contributed by atoms with Crippen LogP contribution in [0.4, 0.5) is 4.39 Å². The number of halogens is 1. The van der Waals surface area contributed by atoms with Gasteiger partial charge in [0.05, 0.1) is 6.04 Å². The molecule has 0 saturated carbocycles. The molecule has 26 heavy (non-hydrogen) atoms. The van der Waals surface area contributed by atoms with Gasteiger partial charge in [0.1, 0.15) is 0 Å². The third-order valence-electron chi connectivity index (χ3n) is 4.36. The summed E-state index contributed by atoms with van der Waals surface area (Å²) >= 11 is 1.57. The molecule has 4 rings (SSSR count). The molecule has 0 fully saturated rings. The Morgan fingerprint density at radius 1 is 1.08 bits per heavy atom. The van der Waals surface area contributed by atoms with E-state index >= 15 is 0 Å². The van der Waals surface area contributed by atoms with Crippen LogP contribution in [0.5, 0.6) is 0 Å². The van der Waals surface area contributed by atoms with Crippen molar-refractivity contribution in [2.75, 3.05) is 0 Å². The van der Waals surface area contributed by atoms with Crippen LogP contribution in [0, 0.1) is 12.7 Å². The predicted octanol–water partition coefficient (Wildman–Crippen LogP) is 5.46. The van der Waals surface area contributed by atoms with Gasteiger partial charge >= 0.3 is 0 Å². The molecule has 3 nitrogen and oxygen atoms in total. The molecule has 0 spiro atoms. The quantitative estimate of drug-likeness (QED) is 0.522. The maximum Gasteiger partial charge on any atom is 0.288 e. The largest absolute Gasteiger partial charge is 0.448 e. The summed E-state index contributed by atoms with van der Waals surface area (Å²) < 4.78 is 19.5. The topological polar surface area (TPSA) is 42.2 Å². The van der Waals surface area contributed by atoms with Gasteiger partial charge in [0.25, 0.3) is 5.91 Å². The standard InChI is InChI=1S/C21H16FNO2S/c1-13-15-9-5-10-16(22)20(15)25-19(13)21(24)23-18(17-11-6-12-26-17)14-7-3-2-4-8-14/h2-12,18H,1H3,(H,23,24). The number of para-hydroxylation sites is 1. The highest BCUT2D eigenvalue weighted by molar-refractivity contribution is 7.10. The zero-order valence-corrected chi connectivity index (χ0v) is 14.8. The number of fused-ring (bicyclic) bond motifs is 1. The van der Waals surface area contributed by atoms with Crippen molar-refractivity contribution in [1.82, 2.24) is 5.32 Å². The van der Waals surface area contributed by atoms with Crippen LogP contribution in [0.3, 0.4) is 0 Å². The van der Waals surface area contributed by atoms with Crippen molar-refractivity contribution >= 4 is 28.2 Å². The SMILES string of the molecule is Cc1c(C(=O)NC(c2ccccc2)c2cccs2)oc2c(F)cccc12. The smallest absolute Gasteiger partial charge is 0.288 e. The van der Waals surface area contributed by atoms with Crippen molar-refractivity contribution in [3.63, 3.8) is 0 Å². The summed E-state index contributed by atoms with van der Waals surface area (Å²) in [7, 11) is 0. The predicted molar refractivity (Wildman–Crippen MR) is 101 cm³/mol. The molecule has 2 aromatic heterocycles. The van der Waals surface area contributed by atoms with E-state index in [-0.39, 0.29) is 23.3 Å². The highest BCUT2D eigenvalue weighted by Gasteiger charge is 2.24. The fraction of sp³-hybridized carbons (Fsp3) is 0.0952. The van der Waals surface area contributed by atoms with Gasteiger partial charge in [0, 0.05) is 15.8 Å². The zero-order valence-electron chi connectivity index (χ0n) is 14.0. The van der Waals surface area contributed by atoms with Gasteiger partial charge < -0.3 is 9.73 Å². The summed E-state index contributed by atoms with van der Waals surface area (Å²) in [6.45, 7) is 1.77. The molecule has 0 saturated heterocycles. The van der Waals surface area contributed by atoms with Crippen molar-refractivity contribution in [1.29, 1.82) is 0 Å². The number of benzene rings is 2. The van der Waals surface area contributed by atoms with E-state index in [2.05, 4.69) is 5.32 Å². The van der Waals surface area contributed by atoms with Gasteiger partial charge in [-0.1, -0.05) is 48.5 Å². The summed E-state index contributed by atoms with van der Waals surface area (Å²) in [6, 6.07) is 18.1. The first kappa shape index (κ1) is 16.5. The third kappa shape index (κ3) is 2.91. The lowest BCUT2D eigenvalue weighted by atomic mass is 10.0. The molecular formula is C21H16FNO2S. The number of nitrogens with one attached hydrogen (secondary N) is 1. The van der Waals surface area contributed by atoms with Crippen molar-refractivity contribution in [3.8, 4) is 0 Å². The van der Waals surface area contributed by atoms with Crippen LogP contribution < -0.4 is 5.32 Å². The molecule has 0 aliphatic carbocycles. The number of thiophene rings is 1. The van der Waals surface area contributed by atoms with Gasteiger partial charge in [-0.25, -0.2) is 4.39 Å². The average Bonchev–Trinajstić information content (AvgIpc) is 3.30. The lowest BCUT2D eigenvalue weighted by molar-refractivity contribution is 0.0916. The molecule has 1 atom stereocenters. The first-order valence-corrected chi connectivity index (χ1v) is 9.10. The van der Waals surface area contributed by atoms with E-state index in [4.69, 9.17) is 4.42 Å². The Morgan fingerprint density at radius 2 is 1.88 bits per heavy atom. The van der Waals surface area contributed by atoms with Gasteiger partial charge in [0.2, 0.25) is 0 Å². The number of carbonyl (C=O) groups is 1. The minimum absolute atomic E-state index is 0.113. The number of amides is 1. The number of furan rings is 1.